The second-order valence-electron chi connectivity index (χ2n) is 7.07. The number of aryl methyl sites for hydroxylation is 1. The van der Waals surface area contributed by atoms with Crippen LogP contribution in [0.25, 0.3) is 21.8 Å². The Morgan fingerprint density at radius 2 is 2.07 bits per heavy atom. The number of hydrogen-bond acceptors (Lipinski definition) is 6. The maximum Gasteiger partial charge on any atom is 0.264 e. The molecule has 27 heavy (non-hydrogen) atoms. The van der Waals surface area contributed by atoms with Crippen LogP contribution in [0.5, 0.6) is 0 Å². The van der Waals surface area contributed by atoms with Gasteiger partial charge in [0, 0.05) is 12.7 Å². The predicted molar refractivity (Wildman–Crippen MR) is 105 cm³/mol. The topological polar surface area (TPSA) is 60.0 Å². The van der Waals surface area contributed by atoms with Crippen molar-refractivity contribution in [1.29, 1.82) is 0 Å². The highest BCUT2D eigenvalue weighted by Crippen LogP contribution is 2.37. The fraction of sp³-hybridized carbons (Fsp3) is 0.350. The van der Waals surface area contributed by atoms with Crippen molar-refractivity contribution in [3.05, 3.63) is 53.0 Å². The number of nitrogens with zero attached hydrogens (tertiary/aromatic N) is 5. The SMILES string of the molecule is Cc1ccc(-c2nnc(CN3CCC[C@H]3c3nc4ccccc4s3)o2)n1C. The van der Waals surface area contributed by atoms with Crippen LogP contribution in [0.2, 0.25) is 0 Å². The zero-order chi connectivity index (χ0) is 18.4. The first-order chi connectivity index (χ1) is 13.2. The smallest absolute Gasteiger partial charge is 0.264 e. The first-order valence-electron chi connectivity index (χ1n) is 9.23. The molecule has 5 rings (SSSR count). The normalized spacial score (nSPS) is 17.9. The summed E-state index contributed by atoms with van der Waals surface area (Å²) >= 11 is 1.79. The van der Waals surface area contributed by atoms with Gasteiger partial charge in [-0.3, -0.25) is 4.90 Å². The van der Waals surface area contributed by atoms with Crippen LogP contribution in [-0.4, -0.2) is 31.2 Å². The number of hydrogen-bond donors (Lipinski definition) is 0. The Balaban J connectivity index is 1.38. The van der Waals surface area contributed by atoms with Crippen molar-refractivity contribution in [2.24, 2.45) is 7.05 Å². The van der Waals surface area contributed by atoms with Gasteiger partial charge in [-0.05, 0) is 50.6 Å². The summed E-state index contributed by atoms with van der Waals surface area (Å²) in [7, 11) is 2.01. The lowest BCUT2D eigenvalue weighted by molar-refractivity contribution is 0.224. The quantitative estimate of drug-likeness (QED) is 0.528. The van der Waals surface area contributed by atoms with E-state index in [0.717, 1.165) is 24.2 Å². The van der Waals surface area contributed by atoms with E-state index in [4.69, 9.17) is 9.40 Å². The minimum atomic E-state index is 0.329. The summed E-state index contributed by atoms with van der Waals surface area (Å²) < 4.78 is 9.28. The highest BCUT2D eigenvalue weighted by Gasteiger charge is 2.30. The summed E-state index contributed by atoms with van der Waals surface area (Å²) in [5, 5.41) is 9.73. The molecule has 4 aromatic rings. The second-order valence-corrected chi connectivity index (χ2v) is 8.13. The average molecular weight is 379 g/mol. The number of fused-ring (bicyclic) bond motifs is 1. The molecule has 1 saturated heterocycles. The first kappa shape index (κ1) is 16.6. The Morgan fingerprint density at radius 1 is 1.19 bits per heavy atom. The van der Waals surface area contributed by atoms with Gasteiger partial charge >= 0.3 is 0 Å². The molecule has 1 atom stereocenters. The predicted octanol–water partition coefficient (Wildman–Crippen LogP) is 4.33. The molecule has 0 bridgehead atoms. The van der Waals surface area contributed by atoms with Crippen LogP contribution in [-0.2, 0) is 13.6 Å². The highest BCUT2D eigenvalue weighted by molar-refractivity contribution is 7.18. The van der Waals surface area contributed by atoms with Gasteiger partial charge in [-0.25, -0.2) is 4.98 Å². The molecule has 0 N–H and O–H groups in total. The van der Waals surface area contributed by atoms with Gasteiger partial charge in [0.2, 0.25) is 5.89 Å². The Bertz CT molecular complexity index is 1060. The van der Waals surface area contributed by atoms with E-state index in [1.807, 2.05) is 19.2 Å². The molecule has 1 aliphatic heterocycles. The Hall–Kier alpha value is -2.51. The lowest BCUT2D eigenvalue weighted by atomic mass is 10.2. The minimum Gasteiger partial charge on any atom is -0.418 e. The van der Waals surface area contributed by atoms with Crippen molar-refractivity contribution in [2.45, 2.75) is 32.4 Å². The van der Waals surface area contributed by atoms with Crippen LogP contribution < -0.4 is 0 Å². The van der Waals surface area contributed by atoms with Gasteiger partial charge in [-0.15, -0.1) is 21.5 Å². The fourth-order valence-electron chi connectivity index (χ4n) is 3.75. The molecule has 0 aliphatic carbocycles. The van der Waals surface area contributed by atoms with Crippen molar-refractivity contribution in [3.8, 4) is 11.6 Å². The van der Waals surface area contributed by atoms with E-state index in [-0.39, 0.29) is 0 Å². The number of thiazole rings is 1. The third-order valence-corrected chi connectivity index (χ3v) is 6.49. The van der Waals surface area contributed by atoms with Gasteiger partial charge in [-0.1, -0.05) is 12.1 Å². The van der Waals surface area contributed by atoms with Crippen molar-refractivity contribution < 1.29 is 4.42 Å². The van der Waals surface area contributed by atoms with Crippen molar-refractivity contribution in [1.82, 2.24) is 24.6 Å². The van der Waals surface area contributed by atoms with Gasteiger partial charge in [0.1, 0.15) is 10.7 Å². The van der Waals surface area contributed by atoms with Gasteiger partial charge in [0.15, 0.2) is 0 Å². The van der Waals surface area contributed by atoms with Crippen LogP contribution >= 0.6 is 11.3 Å². The molecule has 7 heteroatoms. The zero-order valence-electron chi connectivity index (χ0n) is 15.4. The van der Waals surface area contributed by atoms with Gasteiger partial charge < -0.3 is 8.98 Å². The summed E-state index contributed by atoms with van der Waals surface area (Å²) in [5.74, 6) is 1.24. The van der Waals surface area contributed by atoms with Gasteiger partial charge in [-0.2, -0.15) is 0 Å². The molecule has 0 radical (unpaired) electrons. The van der Waals surface area contributed by atoms with E-state index in [0.29, 0.717) is 24.4 Å². The number of rotatable bonds is 4. The highest BCUT2D eigenvalue weighted by atomic mass is 32.1. The van der Waals surface area contributed by atoms with E-state index in [9.17, 15) is 0 Å². The van der Waals surface area contributed by atoms with Crippen LogP contribution in [0.4, 0.5) is 0 Å². The van der Waals surface area contributed by atoms with Crippen LogP contribution in [0, 0.1) is 6.92 Å². The second kappa shape index (κ2) is 6.58. The Labute approximate surface area is 161 Å². The molecule has 1 aliphatic rings. The standard InChI is InChI=1S/C20H21N5OS/c1-13-9-10-15(24(13)2)19-23-22-18(26-19)12-25-11-5-7-16(25)20-21-14-6-3-4-8-17(14)27-20/h3-4,6,8-10,16H,5,7,11-12H2,1-2H3/t16-/m0/s1. The molecule has 0 amide bonds. The zero-order valence-corrected chi connectivity index (χ0v) is 16.2. The Morgan fingerprint density at radius 3 is 2.89 bits per heavy atom. The van der Waals surface area contributed by atoms with Gasteiger partial charge in [0.05, 0.1) is 22.8 Å². The molecule has 6 nitrogen and oxygen atoms in total. The monoisotopic (exact) mass is 379 g/mol. The van der Waals surface area contributed by atoms with Crippen molar-refractivity contribution >= 4 is 21.6 Å². The fourth-order valence-corrected chi connectivity index (χ4v) is 4.89. The molecule has 4 heterocycles. The number of likely N-dealkylation sites (tertiary alicyclic amines) is 1. The summed E-state index contributed by atoms with van der Waals surface area (Å²) in [6.45, 7) is 3.76. The number of benzene rings is 1. The third kappa shape index (κ3) is 2.96. The van der Waals surface area contributed by atoms with E-state index in [2.05, 4.69) is 50.9 Å². The average Bonchev–Trinajstić information content (AvgIpc) is 3.43. The third-order valence-electron chi connectivity index (χ3n) is 5.36. The molecule has 0 unspecified atom stereocenters. The van der Waals surface area contributed by atoms with E-state index in [1.54, 1.807) is 11.3 Å². The van der Waals surface area contributed by atoms with Crippen LogP contribution in [0.1, 0.15) is 35.5 Å². The maximum absolute atomic E-state index is 5.97. The molecule has 0 saturated carbocycles. The van der Waals surface area contributed by atoms with E-state index in [1.165, 1.54) is 21.8 Å². The lowest BCUT2D eigenvalue weighted by Crippen LogP contribution is -2.22. The van der Waals surface area contributed by atoms with Crippen LogP contribution in [0.15, 0.2) is 40.8 Å². The van der Waals surface area contributed by atoms with Crippen molar-refractivity contribution in [2.75, 3.05) is 6.54 Å². The van der Waals surface area contributed by atoms with Gasteiger partial charge in [0.25, 0.3) is 5.89 Å². The Kier molecular flexibility index (Phi) is 4.06. The molecule has 0 spiro atoms. The molecular weight excluding hydrogens is 358 g/mol. The summed E-state index contributed by atoms with van der Waals surface area (Å²) in [6.07, 6.45) is 2.29. The first-order valence-corrected chi connectivity index (χ1v) is 10.1. The largest absolute Gasteiger partial charge is 0.418 e. The van der Waals surface area contributed by atoms with E-state index < -0.39 is 0 Å². The number of aromatic nitrogens is 4. The van der Waals surface area contributed by atoms with Crippen molar-refractivity contribution in [3.63, 3.8) is 0 Å². The summed E-state index contributed by atoms with van der Waals surface area (Å²) in [6, 6.07) is 12.7. The maximum atomic E-state index is 5.97. The minimum absolute atomic E-state index is 0.329. The van der Waals surface area contributed by atoms with Crippen LogP contribution in [0.3, 0.4) is 0 Å². The summed E-state index contributed by atoms with van der Waals surface area (Å²) in [5.41, 5.74) is 3.21. The molecule has 1 fully saturated rings. The summed E-state index contributed by atoms with van der Waals surface area (Å²) in [4.78, 5) is 7.27. The molecule has 3 aromatic heterocycles. The molecule has 1 aromatic carbocycles. The molecule has 138 valence electrons. The van der Waals surface area contributed by atoms with E-state index >= 15 is 0 Å². The number of para-hydroxylation sites is 1. The molecular formula is C20H21N5OS. The lowest BCUT2D eigenvalue weighted by Gasteiger charge is -2.20.